The molecule has 0 saturated heterocycles. The van der Waals surface area contributed by atoms with Gasteiger partial charge in [0.05, 0.1) is 18.9 Å². The van der Waals surface area contributed by atoms with E-state index in [1.54, 1.807) is 0 Å². The molecular weight excluding hydrogens is 280 g/mol. The van der Waals surface area contributed by atoms with Gasteiger partial charge in [0.25, 0.3) is 5.91 Å². The van der Waals surface area contributed by atoms with E-state index in [4.69, 9.17) is 11.6 Å². The van der Waals surface area contributed by atoms with Crippen LogP contribution in [0.3, 0.4) is 0 Å². The Bertz CT molecular complexity index is 450. The maximum atomic E-state index is 12.3. The maximum absolute atomic E-state index is 12.3. The summed E-state index contributed by atoms with van der Waals surface area (Å²) in [4.78, 5) is 33.2. The van der Waals surface area contributed by atoms with E-state index in [1.165, 1.54) is 17.3 Å². The van der Waals surface area contributed by atoms with Gasteiger partial charge in [0.1, 0.15) is 10.8 Å². The van der Waals surface area contributed by atoms with Crippen molar-refractivity contribution in [3.8, 4) is 0 Å². The fourth-order valence-corrected chi connectivity index (χ4v) is 1.70. The van der Waals surface area contributed by atoms with Crippen LogP contribution in [0.2, 0.25) is 5.15 Å². The molecule has 1 heterocycles. The summed E-state index contributed by atoms with van der Waals surface area (Å²) in [5.74, 6) is -0.488. The van der Waals surface area contributed by atoms with Gasteiger partial charge >= 0.3 is 0 Å². The third kappa shape index (κ3) is 5.13. The van der Waals surface area contributed by atoms with Gasteiger partial charge in [-0.1, -0.05) is 25.4 Å². The number of nitrogens with one attached hydrogen (secondary N) is 1. The van der Waals surface area contributed by atoms with Crippen molar-refractivity contribution in [2.24, 2.45) is 0 Å². The second-order valence-electron chi connectivity index (χ2n) is 4.30. The van der Waals surface area contributed by atoms with Crippen LogP contribution in [0.5, 0.6) is 0 Å². The standard InChI is InChI=1S/C13H19ClN4O2/c1-3-5-15-12(19)9-18(6-4-2)13(20)10-7-17-11(14)8-16-10/h7-8H,3-6,9H2,1-2H3,(H,15,19). The van der Waals surface area contributed by atoms with Gasteiger partial charge in [0, 0.05) is 13.1 Å². The van der Waals surface area contributed by atoms with E-state index in [9.17, 15) is 9.59 Å². The van der Waals surface area contributed by atoms with E-state index >= 15 is 0 Å². The summed E-state index contributed by atoms with van der Waals surface area (Å²) in [5, 5.41) is 2.97. The van der Waals surface area contributed by atoms with Crippen LogP contribution in [0.1, 0.15) is 37.2 Å². The SMILES string of the molecule is CCCNC(=O)CN(CCC)C(=O)c1cnc(Cl)cn1. The molecule has 0 bridgehead atoms. The molecule has 2 amide bonds. The minimum absolute atomic E-state index is 0.0248. The first-order valence-electron chi connectivity index (χ1n) is 6.62. The monoisotopic (exact) mass is 298 g/mol. The Morgan fingerprint density at radius 3 is 2.55 bits per heavy atom. The number of aromatic nitrogens is 2. The zero-order chi connectivity index (χ0) is 15.0. The zero-order valence-corrected chi connectivity index (χ0v) is 12.5. The summed E-state index contributed by atoms with van der Waals surface area (Å²) in [6.45, 7) is 5.03. The molecule has 0 atom stereocenters. The van der Waals surface area contributed by atoms with Gasteiger partial charge in [-0.2, -0.15) is 0 Å². The highest BCUT2D eigenvalue weighted by molar-refractivity contribution is 6.29. The summed E-state index contributed by atoms with van der Waals surface area (Å²) in [6.07, 6.45) is 4.25. The molecule has 0 aromatic carbocycles. The van der Waals surface area contributed by atoms with Crippen molar-refractivity contribution in [3.63, 3.8) is 0 Å². The van der Waals surface area contributed by atoms with Crippen LogP contribution >= 0.6 is 11.6 Å². The Morgan fingerprint density at radius 1 is 1.25 bits per heavy atom. The number of amides is 2. The minimum Gasteiger partial charge on any atom is -0.355 e. The summed E-state index contributed by atoms with van der Waals surface area (Å²) in [7, 11) is 0. The highest BCUT2D eigenvalue weighted by Crippen LogP contribution is 2.05. The topological polar surface area (TPSA) is 75.2 Å². The van der Waals surface area contributed by atoms with Gasteiger partial charge < -0.3 is 10.2 Å². The Morgan fingerprint density at radius 2 is 2.00 bits per heavy atom. The highest BCUT2D eigenvalue weighted by Gasteiger charge is 2.19. The third-order valence-corrected chi connectivity index (χ3v) is 2.72. The van der Waals surface area contributed by atoms with Crippen LogP contribution in [0.4, 0.5) is 0 Å². The summed E-state index contributed by atoms with van der Waals surface area (Å²) in [5.41, 5.74) is 0.186. The fourth-order valence-electron chi connectivity index (χ4n) is 1.60. The van der Waals surface area contributed by atoms with E-state index in [-0.39, 0.29) is 29.2 Å². The molecule has 20 heavy (non-hydrogen) atoms. The summed E-state index contributed by atoms with van der Waals surface area (Å²) >= 11 is 5.64. The molecule has 0 aliphatic carbocycles. The number of hydrogen-bond donors (Lipinski definition) is 1. The largest absolute Gasteiger partial charge is 0.355 e. The molecule has 1 N–H and O–H groups in total. The Labute approximate surface area is 123 Å². The molecule has 0 saturated carbocycles. The average Bonchev–Trinajstić information content (AvgIpc) is 2.44. The first-order valence-corrected chi connectivity index (χ1v) is 6.99. The molecule has 6 nitrogen and oxygen atoms in total. The smallest absolute Gasteiger partial charge is 0.274 e. The van der Waals surface area contributed by atoms with Crippen molar-refractivity contribution in [2.75, 3.05) is 19.6 Å². The van der Waals surface area contributed by atoms with Crippen molar-refractivity contribution in [3.05, 3.63) is 23.2 Å². The van der Waals surface area contributed by atoms with Crippen molar-refractivity contribution in [1.29, 1.82) is 0 Å². The molecule has 1 rings (SSSR count). The average molecular weight is 299 g/mol. The van der Waals surface area contributed by atoms with Gasteiger partial charge in [0.2, 0.25) is 5.91 Å². The normalized spacial score (nSPS) is 10.2. The molecule has 0 unspecified atom stereocenters. The number of hydrogen-bond acceptors (Lipinski definition) is 4. The second kappa shape index (κ2) is 8.47. The predicted octanol–water partition coefficient (Wildman–Crippen LogP) is 1.51. The van der Waals surface area contributed by atoms with Crippen LogP contribution < -0.4 is 5.32 Å². The number of carbonyl (C=O) groups is 2. The Kier molecular flexibility index (Phi) is 6.93. The molecule has 0 radical (unpaired) electrons. The summed E-state index contributed by atoms with van der Waals surface area (Å²) in [6, 6.07) is 0. The first kappa shape index (κ1) is 16.4. The fraction of sp³-hybridized carbons (Fsp3) is 0.538. The van der Waals surface area contributed by atoms with Crippen LogP contribution in [0.25, 0.3) is 0 Å². The van der Waals surface area contributed by atoms with Crippen LogP contribution in [-0.4, -0.2) is 46.3 Å². The van der Waals surface area contributed by atoms with Gasteiger partial charge in [-0.25, -0.2) is 9.97 Å². The Balaban J connectivity index is 2.71. The molecule has 0 aliphatic heterocycles. The molecule has 7 heteroatoms. The van der Waals surface area contributed by atoms with E-state index in [2.05, 4.69) is 15.3 Å². The lowest BCUT2D eigenvalue weighted by atomic mass is 10.3. The number of carbonyl (C=O) groups excluding carboxylic acids is 2. The van der Waals surface area contributed by atoms with Crippen molar-refractivity contribution in [2.45, 2.75) is 26.7 Å². The Hall–Kier alpha value is -1.69. The quantitative estimate of drug-likeness (QED) is 0.828. The second-order valence-corrected chi connectivity index (χ2v) is 4.69. The van der Waals surface area contributed by atoms with Crippen LogP contribution in [0, 0.1) is 0 Å². The van der Waals surface area contributed by atoms with Gasteiger partial charge in [-0.05, 0) is 12.8 Å². The molecule has 110 valence electrons. The van der Waals surface area contributed by atoms with Gasteiger partial charge in [-0.3, -0.25) is 9.59 Å². The molecule has 1 aromatic heterocycles. The molecule has 0 fully saturated rings. The maximum Gasteiger partial charge on any atom is 0.274 e. The zero-order valence-electron chi connectivity index (χ0n) is 11.7. The highest BCUT2D eigenvalue weighted by atomic mass is 35.5. The molecule has 0 spiro atoms. The van der Waals surface area contributed by atoms with Crippen molar-refractivity contribution in [1.82, 2.24) is 20.2 Å². The van der Waals surface area contributed by atoms with Gasteiger partial charge in [-0.15, -0.1) is 0 Å². The van der Waals surface area contributed by atoms with E-state index in [0.29, 0.717) is 13.1 Å². The van der Waals surface area contributed by atoms with E-state index < -0.39 is 0 Å². The van der Waals surface area contributed by atoms with Crippen molar-refractivity contribution >= 4 is 23.4 Å². The lowest BCUT2D eigenvalue weighted by molar-refractivity contribution is -0.121. The third-order valence-electron chi connectivity index (χ3n) is 2.53. The van der Waals surface area contributed by atoms with E-state index in [0.717, 1.165) is 12.8 Å². The molecular formula is C13H19ClN4O2. The van der Waals surface area contributed by atoms with Crippen LogP contribution in [0.15, 0.2) is 12.4 Å². The number of rotatable bonds is 7. The number of halogens is 1. The minimum atomic E-state index is -0.317. The van der Waals surface area contributed by atoms with Crippen molar-refractivity contribution < 1.29 is 9.59 Å². The summed E-state index contributed by atoms with van der Waals surface area (Å²) < 4.78 is 0. The molecule has 0 aliphatic rings. The molecule has 1 aromatic rings. The lowest BCUT2D eigenvalue weighted by Crippen LogP contribution is -2.41. The van der Waals surface area contributed by atoms with Gasteiger partial charge in [0.15, 0.2) is 0 Å². The first-order chi connectivity index (χ1) is 9.58. The predicted molar refractivity (Wildman–Crippen MR) is 76.5 cm³/mol. The lowest BCUT2D eigenvalue weighted by Gasteiger charge is -2.21. The van der Waals surface area contributed by atoms with E-state index in [1.807, 2.05) is 13.8 Å². The van der Waals surface area contributed by atoms with Crippen LogP contribution in [-0.2, 0) is 4.79 Å². The number of nitrogens with zero attached hydrogens (tertiary/aromatic N) is 3.